The summed E-state index contributed by atoms with van der Waals surface area (Å²) < 4.78 is 52.0. The highest BCUT2D eigenvalue weighted by molar-refractivity contribution is 8.04. The van der Waals surface area contributed by atoms with E-state index in [1.165, 1.54) is 11.8 Å². The first-order valence-electron chi connectivity index (χ1n) is 11.8. The molecule has 1 aromatic carbocycles. The Labute approximate surface area is 233 Å². The Bertz CT molecular complexity index is 1370. The van der Waals surface area contributed by atoms with Crippen molar-refractivity contribution in [2.24, 2.45) is 4.99 Å². The summed E-state index contributed by atoms with van der Waals surface area (Å²) in [5.41, 5.74) is 1.99. The van der Waals surface area contributed by atoms with Crippen molar-refractivity contribution in [3.63, 3.8) is 0 Å². The molecule has 0 saturated carbocycles. The third kappa shape index (κ3) is 7.64. The normalized spacial score (nSPS) is 25.6. The van der Waals surface area contributed by atoms with Gasteiger partial charge in [0.15, 0.2) is 0 Å². The highest BCUT2D eigenvalue weighted by Crippen LogP contribution is 2.66. The van der Waals surface area contributed by atoms with Crippen LogP contribution in [-0.2, 0) is 31.6 Å². The van der Waals surface area contributed by atoms with Crippen molar-refractivity contribution < 1.29 is 56.3 Å². The predicted octanol–water partition coefficient (Wildman–Crippen LogP) is 2.90. The third-order valence-corrected chi connectivity index (χ3v) is 10.8. The van der Waals surface area contributed by atoms with Gasteiger partial charge in [-0.15, -0.1) is 0 Å². The van der Waals surface area contributed by atoms with Gasteiger partial charge < -0.3 is 44.5 Å². The Morgan fingerprint density at radius 3 is 2.52 bits per heavy atom. The lowest BCUT2D eigenvalue weighted by Crippen LogP contribution is -2.35. The first kappa shape index (κ1) is 31.4. The van der Waals surface area contributed by atoms with Gasteiger partial charge in [0, 0.05) is 36.3 Å². The fourth-order valence-corrected chi connectivity index (χ4v) is 8.14. The van der Waals surface area contributed by atoms with Crippen molar-refractivity contribution in [2.45, 2.75) is 43.6 Å². The summed E-state index contributed by atoms with van der Waals surface area (Å²) >= 11 is 1.49. The van der Waals surface area contributed by atoms with Crippen LogP contribution < -0.4 is 10.2 Å². The number of hydrogen-bond acceptors (Lipinski definition) is 13. The topological polar surface area (TPSA) is 220 Å². The van der Waals surface area contributed by atoms with E-state index in [-0.39, 0.29) is 6.42 Å². The van der Waals surface area contributed by atoms with E-state index in [2.05, 4.69) is 54.8 Å². The molecule has 1 fully saturated rings. The van der Waals surface area contributed by atoms with Gasteiger partial charge in [-0.05, 0) is 32.0 Å². The zero-order valence-corrected chi connectivity index (χ0v) is 24.8. The minimum atomic E-state index is -5.66. The second kappa shape index (κ2) is 12.0. The van der Waals surface area contributed by atoms with Crippen LogP contribution in [-0.4, -0.2) is 73.5 Å². The number of amidine groups is 1. The fourth-order valence-electron chi connectivity index (χ4n) is 4.16. The number of anilines is 2. The van der Waals surface area contributed by atoms with Crippen molar-refractivity contribution in [3.8, 4) is 0 Å². The van der Waals surface area contributed by atoms with Crippen molar-refractivity contribution in [1.29, 1.82) is 0 Å². The smallest absolute Gasteiger partial charge is 0.390 e. The second-order valence-corrected chi connectivity index (χ2v) is 14.2. The van der Waals surface area contributed by atoms with Gasteiger partial charge in [-0.3, -0.25) is 4.52 Å². The molecule has 1 saturated heterocycles. The summed E-state index contributed by atoms with van der Waals surface area (Å²) in [5, 5.41) is 13.8. The quantitative estimate of drug-likeness (QED) is 0.191. The van der Waals surface area contributed by atoms with E-state index < -0.39 is 48.5 Å². The highest BCUT2D eigenvalue weighted by atomic mass is 32.2. The van der Waals surface area contributed by atoms with Crippen molar-refractivity contribution in [2.75, 3.05) is 29.9 Å². The molecule has 2 unspecified atom stereocenters. The van der Waals surface area contributed by atoms with Crippen LogP contribution in [0, 0.1) is 0 Å². The van der Waals surface area contributed by atoms with E-state index in [0.29, 0.717) is 11.7 Å². The Balaban J connectivity index is 1.40. The summed E-state index contributed by atoms with van der Waals surface area (Å²) in [4.78, 5) is 46.3. The molecular weight excluding hydrogens is 613 g/mol. The molecule has 16 nitrogen and oxygen atoms in total. The number of nitrogens with one attached hydrogen (secondary N) is 1. The van der Waals surface area contributed by atoms with Crippen LogP contribution in [0.5, 0.6) is 0 Å². The number of aliphatic imine (C=N–C) groups is 1. The Hall–Kier alpha value is -1.55. The van der Waals surface area contributed by atoms with Gasteiger partial charge in [0.05, 0.1) is 23.3 Å². The molecule has 1 aromatic rings. The molecule has 0 spiro atoms. The molecule has 5 atom stereocenters. The molecule has 0 radical (unpaired) electrons. The molecule has 0 aromatic heterocycles. The SMILES string of the molecule is C=C1N=C2Nc3cc(N(CC)CC)ccc3SC2=CN1[C@H]1C[C@@H](O)[C@@H](COP(=O)(O)OP(=O)(O)OP(=O)(O)O)O1. The molecular formula is C20H29N4O12P3S. The van der Waals surface area contributed by atoms with Gasteiger partial charge in [0.1, 0.15) is 24.0 Å². The molecule has 3 heterocycles. The number of phosphoric acid groups is 3. The maximum absolute atomic E-state index is 12.0. The summed E-state index contributed by atoms with van der Waals surface area (Å²) in [6, 6.07) is 6.12. The van der Waals surface area contributed by atoms with E-state index in [9.17, 15) is 28.6 Å². The second-order valence-electron chi connectivity index (χ2n) is 8.68. The Kier molecular flexibility index (Phi) is 9.40. The zero-order chi connectivity index (χ0) is 29.5. The van der Waals surface area contributed by atoms with Crippen LogP contribution in [0.4, 0.5) is 11.4 Å². The minimum Gasteiger partial charge on any atom is -0.390 e. The number of rotatable bonds is 11. The predicted molar refractivity (Wildman–Crippen MR) is 145 cm³/mol. The highest BCUT2D eigenvalue weighted by Gasteiger charge is 2.44. The monoisotopic (exact) mass is 642 g/mol. The van der Waals surface area contributed by atoms with Gasteiger partial charge in [0.25, 0.3) is 0 Å². The first-order valence-corrected chi connectivity index (χ1v) is 17.2. The maximum Gasteiger partial charge on any atom is 0.490 e. The molecule has 3 aliphatic rings. The van der Waals surface area contributed by atoms with Crippen LogP contribution in [0.3, 0.4) is 0 Å². The van der Waals surface area contributed by atoms with E-state index in [0.717, 1.165) is 34.3 Å². The molecule has 0 aliphatic carbocycles. The summed E-state index contributed by atoms with van der Waals surface area (Å²) in [5.74, 6) is 0.902. The number of fused-ring (bicyclic) bond motifs is 2. The number of phosphoric ester groups is 1. The molecule has 4 rings (SSSR count). The lowest BCUT2D eigenvalue weighted by Gasteiger charge is -2.34. The van der Waals surface area contributed by atoms with Gasteiger partial charge in [0.2, 0.25) is 0 Å². The first-order chi connectivity index (χ1) is 18.6. The Morgan fingerprint density at radius 2 is 1.88 bits per heavy atom. The minimum absolute atomic E-state index is 0.0278. The molecule has 0 bridgehead atoms. The van der Waals surface area contributed by atoms with Gasteiger partial charge in [-0.1, -0.05) is 18.3 Å². The number of nitrogens with zero attached hydrogens (tertiary/aromatic N) is 3. The standard InChI is InChI=1S/C20H29N4O12P3S/c1-4-23(5-2)13-6-7-17-14(8-13)22-20-18(40-17)10-24(12(3)21-20)19-9-15(25)16(34-19)11-33-38(29,30)36-39(31,32)35-37(26,27)28/h6-8,10,15-16,19,25H,3-5,9,11H2,1-2H3,(H,21,22)(H,29,30)(H,31,32)(H2,26,27,28)/t15-,16-,19-/m1/s1. The Morgan fingerprint density at radius 1 is 1.18 bits per heavy atom. The van der Waals surface area contributed by atoms with Gasteiger partial charge in [-0.25, -0.2) is 18.7 Å². The average Bonchev–Trinajstić information content (AvgIpc) is 3.20. The van der Waals surface area contributed by atoms with Crippen LogP contribution in [0.25, 0.3) is 0 Å². The fraction of sp³-hybridized carbons (Fsp3) is 0.450. The van der Waals surface area contributed by atoms with Crippen LogP contribution in [0.1, 0.15) is 20.3 Å². The number of ether oxygens (including phenoxy) is 1. The van der Waals surface area contributed by atoms with Gasteiger partial charge >= 0.3 is 23.5 Å². The molecule has 40 heavy (non-hydrogen) atoms. The van der Waals surface area contributed by atoms with Gasteiger partial charge in [-0.2, -0.15) is 8.62 Å². The number of aliphatic hydroxyl groups excluding tert-OH is 1. The van der Waals surface area contributed by atoms with Crippen molar-refractivity contribution in [1.82, 2.24) is 4.90 Å². The van der Waals surface area contributed by atoms with Crippen molar-refractivity contribution in [3.05, 3.63) is 41.7 Å². The van der Waals surface area contributed by atoms with E-state index in [4.69, 9.17) is 14.5 Å². The molecule has 222 valence electrons. The number of benzene rings is 1. The van der Waals surface area contributed by atoms with Crippen LogP contribution in [0.15, 0.2) is 51.6 Å². The molecule has 20 heteroatoms. The summed E-state index contributed by atoms with van der Waals surface area (Å²) in [6.07, 6.45) is -1.37. The maximum atomic E-state index is 12.0. The third-order valence-electron chi connectivity index (χ3n) is 5.93. The van der Waals surface area contributed by atoms with Crippen molar-refractivity contribution >= 4 is 52.4 Å². The van der Waals surface area contributed by atoms with E-state index in [1.807, 2.05) is 12.1 Å². The summed E-state index contributed by atoms with van der Waals surface area (Å²) in [6.45, 7) is 9.11. The number of thioether (sulfide) groups is 1. The molecule has 6 N–H and O–H groups in total. The average molecular weight is 642 g/mol. The van der Waals surface area contributed by atoms with E-state index in [1.54, 1.807) is 11.1 Å². The lowest BCUT2D eigenvalue weighted by molar-refractivity contribution is -0.0553. The largest absolute Gasteiger partial charge is 0.490 e. The van der Waals surface area contributed by atoms with E-state index >= 15 is 0 Å². The number of hydrogen-bond donors (Lipinski definition) is 6. The van der Waals surface area contributed by atoms with Crippen LogP contribution in [0.2, 0.25) is 0 Å². The summed E-state index contributed by atoms with van der Waals surface area (Å²) in [7, 11) is -16.5. The molecule has 0 amide bonds. The lowest BCUT2D eigenvalue weighted by atomic mass is 10.2. The zero-order valence-electron chi connectivity index (χ0n) is 21.3. The van der Waals surface area contributed by atoms with Crippen LogP contribution >= 0.6 is 35.2 Å². The molecule has 3 aliphatic heterocycles. The number of aliphatic hydroxyl groups is 1.